The standard InChI is InChI=1S/C20H24ClFO3/c21-17-11-19(18(22)10-14(17)8-9-20(23)24)25-12-15-6-3-7-16(15)13-4-1-2-5-13/h10-11,13H,1-9,12H2,(H,23,24). The van der Waals surface area contributed by atoms with E-state index < -0.39 is 11.8 Å². The van der Waals surface area contributed by atoms with Crippen LogP contribution in [-0.2, 0) is 11.2 Å². The Morgan fingerprint density at radius 2 is 2.00 bits per heavy atom. The number of allylic oxidation sites excluding steroid dienone is 1. The van der Waals surface area contributed by atoms with Crippen LogP contribution in [0, 0.1) is 11.7 Å². The summed E-state index contributed by atoms with van der Waals surface area (Å²) in [5.41, 5.74) is 3.38. The molecule has 0 amide bonds. The summed E-state index contributed by atoms with van der Waals surface area (Å²) in [4.78, 5) is 10.7. The van der Waals surface area contributed by atoms with Crippen molar-refractivity contribution in [2.45, 2.75) is 57.8 Å². The van der Waals surface area contributed by atoms with Gasteiger partial charge in [-0.2, -0.15) is 0 Å². The Morgan fingerprint density at radius 3 is 2.72 bits per heavy atom. The van der Waals surface area contributed by atoms with E-state index in [4.69, 9.17) is 21.4 Å². The van der Waals surface area contributed by atoms with Crippen LogP contribution in [0.4, 0.5) is 4.39 Å². The molecule has 0 saturated heterocycles. The minimum atomic E-state index is -0.926. The number of halogens is 2. The van der Waals surface area contributed by atoms with Crippen LogP contribution >= 0.6 is 11.6 Å². The van der Waals surface area contributed by atoms with Crippen LogP contribution in [0.2, 0.25) is 5.02 Å². The van der Waals surface area contributed by atoms with E-state index >= 15 is 0 Å². The van der Waals surface area contributed by atoms with E-state index in [-0.39, 0.29) is 18.6 Å². The number of carbonyl (C=O) groups is 1. The van der Waals surface area contributed by atoms with Gasteiger partial charge in [0, 0.05) is 17.5 Å². The second kappa shape index (κ2) is 8.22. The van der Waals surface area contributed by atoms with E-state index in [2.05, 4.69) is 0 Å². The van der Waals surface area contributed by atoms with Crippen molar-refractivity contribution >= 4 is 17.6 Å². The van der Waals surface area contributed by atoms with E-state index in [9.17, 15) is 9.18 Å². The second-order valence-electron chi connectivity index (χ2n) is 7.02. The molecule has 2 aliphatic carbocycles. The molecule has 0 heterocycles. The van der Waals surface area contributed by atoms with Crippen LogP contribution in [0.1, 0.15) is 56.9 Å². The van der Waals surface area contributed by atoms with Crippen molar-refractivity contribution in [3.63, 3.8) is 0 Å². The molecule has 0 aliphatic heterocycles. The van der Waals surface area contributed by atoms with E-state index in [0.717, 1.165) is 12.8 Å². The van der Waals surface area contributed by atoms with E-state index in [0.29, 0.717) is 23.1 Å². The number of hydrogen-bond acceptors (Lipinski definition) is 2. The summed E-state index contributed by atoms with van der Waals surface area (Å²) >= 11 is 6.16. The molecule has 3 nitrogen and oxygen atoms in total. The lowest BCUT2D eigenvalue weighted by molar-refractivity contribution is -0.136. The number of hydrogen-bond donors (Lipinski definition) is 1. The molecule has 1 saturated carbocycles. The summed E-state index contributed by atoms with van der Waals surface area (Å²) in [6.07, 6.45) is 8.67. The molecule has 1 fully saturated rings. The van der Waals surface area contributed by atoms with Gasteiger partial charge >= 0.3 is 5.97 Å². The first-order chi connectivity index (χ1) is 12.0. The van der Waals surface area contributed by atoms with Crippen molar-refractivity contribution in [1.29, 1.82) is 0 Å². The zero-order valence-corrected chi connectivity index (χ0v) is 15.1. The number of rotatable bonds is 7. The minimum Gasteiger partial charge on any atom is -0.486 e. The van der Waals surface area contributed by atoms with Gasteiger partial charge in [0.05, 0.1) is 0 Å². The third-order valence-corrected chi connectivity index (χ3v) is 5.69. The predicted molar refractivity (Wildman–Crippen MR) is 95.7 cm³/mol. The SMILES string of the molecule is O=C(O)CCc1cc(F)c(OCC2=C(C3CCCC3)CCC2)cc1Cl. The molecule has 5 heteroatoms. The molecule has 1 aromatic carbocycles. The van der Waals surface area contributed by atoms with Crippen molar-refractivity contribution in [2.75, 3.05) is 6.61 Å². The molecule has 136 valence electrons. The first-order valence-corrected chi connectivity index (χ1v) is 9.45. The summed E-state index contributed by atoms with van der Waals surface area (Å²) < 4.78 is 20.0. The monoisotopic (exact) mass is 366 g/mol. The van der Waals surface area contributed by atoms with Crippen molar-refractivity contribution in [3.05, 3.63) is 39.7 Å². The molecule has 2 aliphatic rings. The molecule has 3 rings (SSSR count). The van der Waals surface area contributed by atoms with Crippen LogP contribution in [-0.4, -0.2) is 17.7 Å². The van der Waals surface area contributed by atoms with Crippen LogP contribution in [0.25, 0.3) is 0 Å². The van der Waals surface area contributed by atoms with Crippen LogP contribution in [0.15, 0.2) is 23.3 Å². The normalized spacial score (nSPS) is 18.2. The Morgan fingerprint density at radius 1 is 1.24 bits per heavy atom. The lowest BCUT2D eigenvalue weighted by Gasteiger charge is -2.16. The first-order valence-electron chi connectivity index (χ1n) is 9.08. The lowest BCUT2D eigenvalue weighted by atomic mass is 9.94. The molecule has 0 radical (unpaired) electrons. The second-order valence-corrected chi connectivity index (χ2v) is 7.43. The highest BCUT2D eigenvalue weighted by molar-refractivity contribution is 6.31. The van der Waals surface area contributed by atoms with Crippen molar-refractivity contribution in [1.82, 2.24) is 0 Å². The number of carboxylic acid groups (broad SMARTS) is 1. The third-order valence-electron chi connectivity index (χ3n) is 5.34. The lowest BCUT2D eigenvalue weighted by Crippen LogP contribution is -2.07. The minimum absolute atomic E-state index is 0.0724. The number of aryl methyl sites for hydroxylation is 1. The maximum Gasteiger partial charge on any atom is 0.303 e. The molecule has 0 spiro atoms. The predicted octanol–water partition coefficient (Wildman–Crippen LogP) is 5.55. The van der Waals surface area contributed by atoms with Crippen LogP contribution < -0.4 is 4.74 Å². The highest BCUT2D eigenvalue weighted by atomic mass is 35.5. The zero-order chi connectivity index (χ0) is 17.8. The number of benzene rings is 1. The average molecular weight is 367 g/mol. The van der Waals surface area contributed by atoms with Gasteiger partial charge in [0.25, 0.3) is 0 Å². The Balaban J connectivity index is 1.67. The van der Waals surface area contributed by atoms with Crippen LogP contribution in [0.3, 0.4) is 0 Å². The molecule has 0 bridgehead atoms. The maximum absolute atomic E-state index is 14.3. The van der Waals surface area contributed by atoms with Gasteiger partial charge in [-0.1, -0.05) is 30.0 Å². The molecule has 1 aromatic rings. The Bertz CT molecular complexity index is 678. The van der Waals surface area contributed by atoms with Gasteiger partial charge in [-0.15, -0.1) is 0 Å². The van der Waals surface area contributed by atoms with Gasteiger partial charge in [0.15, 0.2) is 11.6 Å². The van der Waals surface area contributed by atoms with Gasteiger partial charge in [0.2, 0.25) is 0 Å². The van der Waals surface area contributed by atoms with Crippen molar-refractivity contribution in [2.24, 2.45) is 5.92 Å². The van der Waals surface area contributed by atoms with Gasteiger partial charge in [-0.25, -0.2) is 4.39 Å². The Hall–Kier alpha value is -1.55. The third kappa shape index (κ3) is 4.55. The van der Waals surface area contributed by atoms with Gasteiger partial charge in [-0.3, -0.25) is 4.79 Å². The summed E-state index contributed by atoms with van der Waals surface area (Å²) in [5, 5.41) is 9.10. The molecule has 0 unspecified atom stereocenters. The topological polar surface area (TPSA) is 46.5 Å². The highest BCUT2D eigenvalue weighted by Crippen LogP contribution is 2.40. The summed E-state index contributed by atoms with van der Waals surface area (Å²) in [6, 6.07) is 2.76. The number of carboxylic acids is 1. The fourth-order valence-electron chi connectivity index (χ4n) is 4.04. The quantitative estimate of drug-likeness (QED) is 0.644. The molecule has 0 atom stereocenters. The van der Waals surface area contributed by atoms with E-state index in [1.807, 2.05) is 0 Å². The van der Waals surface area contributed by atoms with Gasteiger partial charge < -0.3 is 9.84 Å². The Labute approximate surface area is 152 Å². The molecule has 0 aromatic heterocycles. The zero-order valence-electron chi connectivity index (χ0n) is 14.3. The molecule has 25 heavy (non-hydrogen) atoms. The number of aliphatic carboxylic acids is 1. The van der Waals surface area contributed by atoms with Gasteiger partial charge in [-0.05, 0) is 61.6 Å². The molecule has 1 N–H and O–H groups in total. The van der Waals surface area contributed by atoms with Crippen LogP contribution in [0.5, 0.6) is 5.75 Å². The fraction of sp³-hybridized carbons (Fsp3) is 0.550. The average Bonchev–Trinajstić information content (AvgIpc) is 3.24. The fourth-order valence-corrected chi connectivity index (χ4v) is 4.29. The largest absolute Gasteiger partial charge is 0.486 e. The molecular formula is C20H24ClFO3. The van der Waals surface area contributed by atoms with E-state index in [1.54, 1.807) is 5.57 Å². The Kier molecular flexibility index (Phi) is 6.00. The summed E-state index contributed by atoms with van der Waals surface area (Å²) in [6.45, 7) is 0.424. The smallest absolute Gasteiger partial charge is 0.303 e. The molecular weight excluding hydrogens is 343 g/mol. The van der Waals surface area contributed by atoms with E-state index in [1.165, 1.54) is 49.8 Å². The van der Waals surface area contributed by atoms with Gasteiger partial charge in [0.1, 0.15) is 6.61 Å². The number of ether oxygens (including phenoxy) is 1. The van der Waals surface area contributed by atoms with Crippen molar-refractivity contribution < 1.29 is 19.0 Å². The summed E-state index contributed by atoms with van der Waals surface area (Å²) in [7, 11) is 0. The van der Waals surface area contributed by atoms with Crippen molar-refractivity contribution in [3.8, 4) is 5.75 Å². The highest BCUT2D eigenvalue weighted by Gasteiger charge is 2.25. The summed E-state index contributed by atoms with van der Waals surface area (Å²) in [5.74, 6) is -0.558. The first kappa shape index (κ1) is 18.2. The maximum atomic E-state index is 14.3.